The first-order valence-corrected chi connectivity index (χ1v) is 6.24. The predicted molar refractivity (Wildman–Crippen MR) is 66.9 cm³/mol. The molecular weight excluding hydrogens is 248 g/mol. The molecule has 2 unspecified atom stereocenters. The zero-order valence-corrected chi connectivity index (χ0v) is 10.4. The first kappa shape index (κ1) is 13.5. The molecule has 1 heterocycles. The molecule has 1 aromatic rings. The predicted octanol–water partition coefficient (Wildman–Crippen LogP) is 0.671. The van der Waals surface area contributed by atoms with Crippen molar-refractivity contribution in [3.8, 4) is 0 Å². The fourth-order valence-corrected chi connectivity index (χ4v) is 2.32. The van der Waals surface area contributed by atoms with Crippen LogP contribution in [0.4, 0.5) is 0 Å². The Morgan fingerprint density at radius 2 is 2.21 bits per heavy atom. The maximum atomic E-state index is 11.9. The van der Waals surface area contributed by atoms with Crippen molar-refractivity contribution in [2.24, 2.45) is 5.92 Å². The van der Waals surface area contributed by atoms with Crippen LogP contribution >= 0.6 is 0 Å². The van der Waals surface area contributed by atoms with Crippen LogP contribution in [0.15, 0.2) is 18.3 Å². The molecule has 19 heavy (non-hydrogen) atoms. The Morgan fingerprint density at radius 3 is 2.84 bits per heavy atom. The summed E-state index contributed by atoms with van der Waals surface area (Å²) >= 11 is 0. The number of rotatable bonds is 4. The molecule has 0 saturated heterocycles. The number of aromatic nitrogens is 1. The Labute approximate surface area is 110 Å². The third kappa shape index (κ3) is 3.08. The number of nitrogens with zero attached hydrogens (tertiary/aromatic N) is 1. The van der Waals surface area contributed by atoms with Crippen LogP contribution in [0.25, 0.3) is 0 Å². The molecule has 1 saturated carbocycles. The summed E-state index contributed by atoms with van der Waals surface area (Å²) < 4.78 is 0. The Kier molecular flexibility index (Phi) is 4.11. The molecule has 6 heteroatoms. The Morgan fingerprint density at radius 1 is 1.42 bits per heavy atom. The zero-order chi connectivity index (χ0) is 13.8. The molecule has 0 aliphatic heterocycles. The standard InChI is InChI=1S/C13H16N2O4/c16-10-5-1-3-8(10)7-15-12(17)11-9(13(18)19)4-2-6-14-11/h2,4,6,8,10,16H,1,3,5,7H2,(H,15,17)(H,18,19). The molecular formula is C13H16N2O4. The van der Waals surface area contributed by atoms with E-state index in [1.54, 1.807) is 0 Å². The van der Waals surface area contributed by atoms with E-state index in [1.807, 2.05) is 0 Å². The van der Waals surface area contributed by atoms with E-state index in [-0.39, 0.29) is 23.3 Å². The molecule has 1 aliphatic carbocycles. The third-order valence-electron chi connectivity index (χ3n) is 3.40. The van der Waals surface area contributed by atoms with Crippen molar-refractivity contribution < 1.29 is 19.8 Å². The number of carbonyl (C=O) groups is 2. The van der Waals surface area contributed by atoms with E-state index in [0.29, 0.717) is 6.54 Å². The van der Waals surface area contributed by atoms with Crippen LogP contribution in [0, 0.1) is 5.92 Å². The summed E-state index contributed by atoms with van der Waals surface area (Å²) in [5.41, 5.74) is -0.213. The van der Waals surface area contributed by atoms with Crippen molar-refractivity contribution in [3.05, 3.63) is 29.6 Å². The molecule has 1 fully saturated rings. The van der Waals surface area contributed by atoms with Gasteiger partial charge in [0.15, 0.2) is 0 Å². The molecule has 1 amide bonds. The number of carbonyl (C=O) groups excluding carboxylic acids is 1. The monoisotopic (exact) mass is 264 g/mol. The molecule has 0 spiro atoms. The average Bonchev–Trinajstić information content (AvgIpc) is 2.81. The van der Waals surface area contributed by atoms with Crippen molar-refractivity contribution >= 4 is 11.9 Å². The van der Waals surface area contributed by atoms with Crippen molar-refractivity contribution in [1.29, 1.82) is 0 Å². The van der Waals surface area contributed by atoms with Gasteiger partial charge in [-0.25, -0.2) is 4.79 Å². The highest BCUT2D eigenvalue weighted by Crippen LogP contribution is 2.24. The number of hydrogen-bond acceptors (Lipinski definition) is 4. The van der Waals surface area contributed by atoms with Gasteiger partial charge in [0, 0.05) is 18.7 Å². The van der Waals surface area contributed by atoms with Gasteiger partial charge >= 0.3 is 5.97 Å². The van der Waals surface area contributed by atoms with E-state index in [2.05, 4.69) is 10.3 Å². The largest absolute Gasteiger partial charge is 0.478 e. The topological polar surface area (TPSA) is 99.5 Å². The number of hydrogen-bond donors (Lipinski definition) is 3. The second kappa shape index (κ2) is 5.79. The van der Waals surface area contributed by atoms with Gasteiger partial charge in [0.05, 0.1) is 11.7 Å². The number of nitrogens with one attached hydrogen (secondary N) is 1. The minimum Gasteiger partial charge on any atom is -0.478 e. The molecule has 1 aromatic heterocycles. The molecule has 102 valence electrons. The van der Waals surface area contributed by atoms with Crippen molar-refractivity contribution in [2.75, 3.05) is 6.54 Å². The van der Waals surface area contributed by atoms with E-state index in [1.165, 1.54) is 18.3 Å². The van der Waals surface area contributed by atoms with Gasteiger partial charge in [-0.05, 0) is 25.0 Å². The number of aliphatic hydroxyl groups is 1. The average molecular weight is 264 g/mol. The smallest absolute Gasteiger partial charge is 0.338 e. The fraction of sp³-hybridized carbons (Fsp3) is 0.462. The summed E-state index contributed by atoms with van der Waals surface area (Å²) in [4.78, 5) is 26.7. The van der Waals surface area contributed by atoms with Crippen LogP contribution in [0.2, 0.25) is 0 Å². The molecule has 6 nitrogen and oxygen atoms in total. The lowest BCUT2D eigenvalue weighted by atomic mass is 10.1. The minimum absolute atomic E-state index is 0.0425. The third-order valence-corrected chi connectivity index (χ3v) is 3.40. The molecule has 2 atom stereocenters. The van der Waals surface area contributed by atoms with Crippen LogP contribution in [0.1, 0.15) is 40.1 Å². The van der Waals surface area contributed by atoms with E-state index in [0.717, 1.165) is 19.3 Å². The van der Waals surface area contributed by atoms with Gasteiger partial charge in [-0.3, -0.25) is 9.78 Å². The van der Waals surface area contributed by atoms with Crippen molar-refractivity contribution in [2.45, 2.75) is 25.4 Å². The van der Waals surface area contributed by atoms with Crippen LogP contribution in [0.5, 0.6) is 0 Å². The van der Waals surface area contributed by atoms with E-state index >= 15 is 0 Å². The number of aliphatic hydroxyl groups excluding tert-OH is 1. The maximum Gasteiger partial charge on any atom is 0.338 e. The van der Waals surface area contributed by atoms with Crippen LogP contribution in [-0.4, -0.2) is 39.7 Å². The lowest BCUT2D eigenvalue weighted by Crippen LogP contribution is -2.33. The zero-order valence-electron chi connectivity index (χ0n) is 10.4. The lowest BCUT2D eigenvalue weighted by molar-refractivity contribution is 0.0689. The molecule has 0 radical (unpaired) electrons. The van der Waals surface area contributed by atoms with Crippen molar-refractivity contribution in [3.63, 3.8) is 0 Å². The van der Waals surface area contributed by atoms with Gasteiger partial charge in [-0.2, -0.15) is 0 Å². The SMILES string of the molecule is O=C(O)c1cccnc1C(=O)NCC1CCCC1O. The van der Waals surface area contributed by atoms with Gasteiger partial charge in [0.1, 0.15) is 5.69 Å². The van der Waals surface area contributed by atoms with E-state index < -0.39 is 11.9 Å². The molecule has 0 aromatic carbocycles. The molecule has 0 bridgehead atoms. The van der Waals surface area contributed by atoms with Gasteiger partial charge in [0.25, 0.3) is 5.91 Å². The number of amides is 1. The maximum absolute atomic E-state index is 11.9. The van der Waals surface area contributed by atoms with E-state index in [4.69, 9.17) is 5.11 Å². The number of aromatic carboxylic acids is 1. The summed E-state index contributed by atoms with van der Waals surface area (Å²) in [6.07, 6.45) is 3.57. The van der Waals surface area contributed by atoms with Crippen LogP contribution < -0.4 is 5.32 Å². The lowest BCUT2D eigenvalue weighted by Gasteiger charge is -2.15. The Bertz CT molecular complexity index is 489. The number of carboxylic acids is 1. The van der Waals surface area contributed by atoms with E-state index in [9.17, 15) is 14.7 Å². The van der Waals surface area contributed by atoms with Crippen LogP contribution in [-0.2, 0) is 0 Å². The highest BCUT2D eigenvalue weighted by atomic mass is 16.4. The second-order valence-electron chi connectivity index (χ2n) is 4.67. The van der Waals surface area contributed by atoms with Crippen LogP contribution in [0.3, 0.4) is 0 Å². The molecule has 2 rings (SSSR count). The van der Waals surface area contributed by atoms with Gasteiger partial charge in [0.2, 0.25) is 0 Å². The summed E-state index contributed by atoms with van der Waals surface area (Å²) in [6.45, 7) is 0.343. The highest BCUT2D eigenvalue weighted by molar-refractivity contribution is 6.03. The number of carboxylic acid groups (broad SMARTS) is 1. The Hall–Kier alpha value is -1.95. The summed E-state index contributed by atoms with van der Waals surface area (Å²) in [7, 11) is 0. The van der Waals surface area contributed by atoms with Gasteiger partial charge < -0.3 is 15.5 Å². The number of pyridine rings is 1. The first-order chi connectivity index (χ1) is 9.09. The molecule has 1 aliphatic rings. The van der Waals surface area contributed by atoms with Gasteiger partial charge in [-0.1, -0.05) is 6.42 Å². The van der Waals surface area contributed by atoms with Crippen molar-refractivity contribution in [1.82, 2.24) is 10.3 Å². The summed E-state index contributed by atoms with van der Waals surface area (Å²) in [5.74, 6) is -1.66. The first-order valence-electron chi connectivity index (χ1n) is 6.24. The second-order valence-corrected chi connectivity index (χ2v) is 4.67. The Balaban J connectivity index is 2.02. The quantitative estimate of drug-likeness (QED) is 0.742. The minimum atomic E-state index is -1.18. The summed E-state index contributed by atoms with van der Waals surface area (Å²) in [6, 6.07) is 2.82. The fourth-order valence-electron chi connectivity index (χ4n) is 2.32. The summed E-state index contributed by atoms with van der Waals surface area (Å²) in [5, 5.41) is 21.3. The molecule has 3 N–H and O–H groups in total. The van der Waals surface area contributed by atoms with Gasteiger partial charge in [-0.15, -0.1) is 0 Å². The normalized spacial score (nSPS) is 22.2. The highest BCUT2D eigenvalue weighted by Gasteiger charge is 2.26.